The highest BCUT2D eigenvalue weighted by molar-refractivity contribution is 7.92. The SMILES string of the molecule is NC(=O)c1ccc2c(c1)C1(CCN(C(=O)c3cnccn3)C(Cc3ccccc3Cl)C1)C(C1CC1)N2S(=O)(=O)c1ccc(F)cc1. The summed E-state index contributed by atoms with van der Waals surface area (Å²) in [7, 11) is -4.16. The number of aromatic nitrogens is 2. The Hall–Kier alpha value is -4.35. The lowest BCUT2D eigenvalue weighted by atomic mass is 9.65. The molecule has 1 aromatic heterocycles. The first-order valence-corrected chi connectivity index (χ1v) is 17.0. The topological polar surface area (TPSA) is 127 Å². The standard InChI is InChI=1S/C34H31ClFN5O4S/c35-28-4-2-1-3-22(28)17-25-19-34(13-16-40(25)33(43)29-20-38-14-15-39-29)27-18-23(32(37)42)7-12-30(27)41(31(34)21-5-6-21)46(44,45)26-10-8-24(36)9-11-26/h1-4,7-12,14-15,18,20-21,25,31H,5-6,13,16-17,19H2,(H2,37,42). The van der Waals surface area contributed by atoms with E-state index in [4.69, 9.17) is 17.3 Å². The number of sulfonamides is 1. The molecule has 7 rings (SSSR count). The van der Waals surface area contributed by atoms with Crippen LogP contribution in [-0.2, 0) is 21.9 Å². The number of amides is 2. The summed E-state index contributed by atoms with van der Waals surface area (Å²) < 4.78 is 44.3. The zero-order chi connectivity index (χ0) is 32.2. The van der Waals surface area contributed by atoms with Gasteiger partial charge in [0.2, 0.25) is 5.91 Å². The van der Waals surface area contributed by atoms with Crippen molar-refractivity contribution in [3.63, 3.8) is 0 Å². The molecular formula is C34H31ClFN5O4S. The van der Waals surface area contributed by atoms with Gasteiger partial charge in [-0.1, -0.05) is 29.8 Å². The molecule has 2 N–H and O–H groups in total. The lowest BCUT2D eigenvalue weighted by Crippen LogP contribution is -2.58. The number of likely N-dealkylation sites (tertiary alicyclic amines) is 1. The molecule has 3 aromatic carbocycles. The van der Waals surface area contributed by atoms with Crippen molar-refractivity contribution in [3.8, 4) is 0 Å². The van der Waals surface area contributed by atoms with Crippen LogP contribution in [0.15, 0.2) is 90.2 Å². The quantitative estimate of drug-likeness (QED) is 0.293. The average molecular weight is 660 g/mol. The van der Waals surface area contributed by atoms with Crippen molar-refractivity contribution in [2.24, 2.45) is 11.7 Å². The maximum atomic E-state index is 14.5. The first kappa shape index (κ1) is 30.3. The summed E-state index contributed by atoms with van der Waals surface area (Å²) in [4.78, 5) is 36.5. The third kappa shape index (κ3) is 5.11. The van der Waals surface area contributed by atoms with Crippen molar-refractivity contribution >= 4 is 39.1 Å². The molecule has 3 heterocycles. The predicted octanol–water partition coefficient (Wildman–Crippen LogP) is 5.14. The fourth-order valence-electron chi connectivity index (χ4n) is 7.44. The Morgan fingerprint density at radius 1 is 1.04 bits per heavy atom. The first-order chi connectivity index (χ1) is 22.1. The van der Waals surface area contributed by atoms with E-state index in [1.54, 1.807) is 29.2 Å². The van der Waals surface area contributed by atoms with Crippen LogP contribution in [0.25, 0.3) is 0 Å². The number of nitrogens with two attached hydrogens (primary N) is 1. The predicted molar refractivity (Wildman–Crippen MR) is 170 cm³/mol. The number of halogens is 2. The van der Waals surface area contributed by atoms with Crippen molar-refractivity contribution in [3.05, 3.63) is 119 Å². The van der Waals surface area contributed by atoms with Gasteiger partial charge >= 0.3 is 0 Å². The Labute approximate surface area is 271 Å². The maximum absolute atomic E-state index is 14.5. The van der Waals surface area contributed by atoms with E-state index in [1.807, 2.05) is 18.2 Å². The van der Waals surface area contributed by atoms with E-state index >= 15 is 0 Å². The van der Waals surface area contributed by atoms with Crippen LogP contribution in [0, 0.1) is 11.7 Å². The van der Waals surface area contributed by atoms with E-state index in [2.05, 4.69) is 9.97 Å². The Morgan fingerprint density at radius 2 is 1.80 bits per heavy atom. The van der Waals surface area contributed by atoms with Crippen LogP contribution in [0.5, 0.6) is 0 Å². The van der Waals surface area contributed by atoms with Crippen molar-refractivity contribution in [1.82, 2.24) is 14.9 Å². The summed E-state index contributed by atoms with van der Waals surface area (Å²) in [6, 6.07) is 16.3. The third-order valence-corrected chi connectivity index (χ3v) is 11.8. The average Bonchev–Trinajstić information content (AvgIpc) is 3.86. The van der Waals surface area contributed by atoms with Gasteiger partial charge in [0, 0.05) is 41.0 Å². The zero-order valence-corrected chi connectivity index (χ0v) is 26.3. The summed E-state index contributed by atoms with van der Waals surface area (Å²) in [6.45, 7) is 0.304. The number of rotatable bonds is 7. The van der Waals surface area contributed by atoms with Crippen molar-refractivity contribution in [2.45, 2.75) is 54.5 Å². The molecular weight excluding hydrogens is 629 g/mol. The van der Waals surface area contributed by atoms with Crippen LogP contribution in [0.4, 0.5) is 10.1 Å². The minimum Gasteiger partial charge on any atom is -0.366 e. The zero-order valence-electron chi connectivity index (χ0n) is 24.7. The smallest absolute Gasteiger partial charge is 0.274 e. The number of anilines is 1. The van der Waals surface area contributed by atoms with Crippen LogP contribution in [-0.4, -0.2) is 53.7 Å². The largest absolute Gasteiger partial charge is 0.366 e. The number of piperidine rings is 1. The molecule has 1 saturated heterocycles. The van der Waals surface area contributed by atoms with Crippen LogP contribution in [0.1, 0.15) is 57.7 Å². The Morgan fingerprint density at radius 3 is 2.48 bits per heavy atom. The van der Waals surface area contributed by atoms with E-state index in [1.165, 1.54) is 35.0 Å². The van der Waals surface area contributed by atoms with E-state index in [0.29, 0.717) is 42.1 Å². The molecule has 2 aliphatic heterocycles. The van der Waals surface area contributed by atoms with Gasteiger partial charge in [0.05, 0.1) is 22.8 Å². The summed E-state index contributed by atoms with van der Waals surface area (Å²) in [5.41, 5.74) is 7.50. The molecule has 3 atom stereocenters. The number of benzene rings is 3. The van der Waals surface area contributed by atoms with E-state index in [-0.39, 0.29) is 28.0 Å². The molecule has 0 bridgehead atoms. The fraction of sp³-hybridized carbons (Fsp3) is 0.294. The van der Waals surface area contributed by atoms with Crippen LogP contribution >= 0.6 is 11.6 Å². The number of carbonyl (C=O) groups is 2. The number of fused-ring (bicyclic) bond motifs is 2. The molecule has 46 heavy (non-hydrogen) atoms. The first-order valence-electron chi connectivity index (χ1n) is 15.1. The summed E-state index contributed by atoms with van der Waals surface area (Å²) in [6.07, 6.45) is 7.33. The molecule has 1 spiro atoms. The molecule has 1 aliphatic carbocycles. The Bertz CT molecular complexity index is 1940. The minimum atomic E-state index is -4.16. The second-order valence-corrected chi connectivity index (χ2v) is 14.5. The lowest BCUT2D eigenvalue weighted by molar-refractivity contribution is 0.0465. The monoisotopic (exact) mass is 659 g/mol. The van der Waals surface area contributed by atoms with Gasteiger partial charge in [-0.3, -0.25) is 18.9 Å². The molecule has 2 fully saturated rings. The summed E-state index contributed by atoms with van der Waals surface area (Å²) in [5.74, 6) is -1.39. The molecule has 12 heteroatoms. The van der Waals surface area contributed by atoms with Crippen LogP contribution in [0.3, 0.4) is 0 Å². The highest BCUT2D eigenvalue weighted by Gasteiger charge is 2.61. The molecule has 1 saturated carbocycles. The molecule has 3 unspecified atom stereocenters. The van der Waals surface area contributed by atoms with Gasteiger partial charge in [0.1, 0.15) is 11.5 Å². The number of nitrogens with zero attached hydrogens (tertiary/aromatic N) is 4. The number of hydrogen-bond acceptors (Lipinski definition) is 6. The number of carbonyl (C=O) groups excluding carboxylic acids is 2. The second kappa shape index (κ2) is 11.5. The highest BCUT2D eigenvalue weighted by atomic mass is 35.5. The van der Waals surface area contributed by atoms with Crippen molar-refractivity contribution < 1.29 is 22.4 Å². The van der Waals surface area contributed by atoms with E-state index in [0.717, 1.165) is 30.5 Å². The molecule has 3 aliphatic rings. The van der Waals surface area contributed by atoms with Crippen molar-refractivity contribution in [2.75, 3.05) is 10.8 Å². The number of primary amides is 1. The van der Waals surface area contributed by atoms with Gasteiger partial charge in [-0.15, -0.1) is 0 Å². The molecule has 236 valence electrons. The highest BCUT2D eigenvalue weighted by Crippen LogP contribution is 2.60. The lowest BCUT2D eigenvalue weighted by Gasteiger charge is -2.49. The summed E-state index contributed by atoms with van der Waals surface area (Å²) in [5, 5.41) is 0.566. The fourth-order valence-corrected chi connectivity index (χ4v) is 9.45. The van der Waals surface area contributed by atoms with Crippen LogP contribution < -0.4 is 10.0 Å². The van der Waals surface area contributed by atoms with Crippen molar-refractivity contribution in [1.29, 1.82) is 0 Å². The van der Waals surface area contributed by atoms with Gasteiger partial charge in [0.25, 0.3) is 15.9 Å². The van der Waals surface area contributed by atoms with Gasteiger partial charge in [0.15, 0.2) is 0 Å². The van der Waals surface area contributed by atoms with Gasteiger partial charge < -0.3 is 10.6 Å². The Kier molecular flexibility index (Phi) is 7.56. The van der Waals surface area contributed by atoms with Gasteiger partial charge in [-0.05, 0) is 97.7 Å². The number of hydrogen-bond donors (Lipinski definition) is 1. The summed E-state index contributed by atoms with van der Waals surface area (Å²) >= 11 is 6.64. The molecule has 9 nitrogen and oxygen atoms in total. The minimum absolute atomic E-state index is 0.0237. The molecule has 2 amide bonds. The van der Waals surface area contributed by atoms with E-state index in [9.17, 15) is 22.4 Å². The van der Waals surface area contributed by atoms with E-state index < -0.39 is 39.2 Å². The normalized spacial score (nSPS) is 22.6. The molecule has 4 aromatic rings. The third-order valence-electron chi connectivity index (χ3n) is 9.61. The maximum Gasteiger partial charge on any atom is 0.274 e. The van der Waals surface area contributed by atoms with Gasteiger partial charge in [-0.25, -0.2) is 17.8 Å². The van der Waals surface area contributed by atoms with Crippen LogP contribution in [0.2, 0.25) is 5.02 Å². The Balaban J connectivity index is 1.39. The molecule has 0 radical (unpaired) electrons. The van der Waals surface area contributed by atoms with Gasteiger partial charge in [-0.2, -0.15) is 0 Å². The second-order valence-electron chi connectivity index (χ2n) is 12.3.